The SMILES string of the molecule is CCCn1ccnc1CN1CC[C@@]2(O)CCN(S(=O)(=O)N(C)C)C[C@H]2C1. The maximum Gasteiger partial charge on any atom is 0.281 e. The van der Waals surface area contributed by atoms with Crippen molar-refractivity contribution in [1.82, 2.24) is 23.1 Å². The van der Waals surface area contributed by atoms with E-state index in [2.05, 4.69) is 21.4 Å². The third-order valence-corrected chi connectivity index (χ3v) is 7.64. The fourth-order valence-corrected chi connectivity index (χ4v) is 5.21. The zero-order valence-electron chi connectivity index (χ0n) is 16.0. The van der Waals surface area contributed by atoms with E-state index in [1.807, 2.05) is 12.4 Å². The largest absolute Gasteiger partial charge is 0.389 e. The molecule has 8 nitrogen and oxygen atoms in total. The number of likely N-dealkylation sites (tertiary alicyclic amines) is 1. The van der Waals surface area contributed by atoms with E-state index in [0.717, 1.165) is 31.9 Å². The summed E-state index contributed by atoms with van der Waals surface area (Å²) in [7, 11) is -0.333. The Balaban J connectivity index is 1.69. The number of aliphatic hydroxyl groups is 1. The Labute approximate surface area is 156 Å². The van der Waals surface area contributed by atoms with Crippen molar-refractivity contribution in [1.29, 1.82) is 0 Å². The summed E-state index contributed by atoms with van der Waals surface area (Å²) in [6, 6.07) is 0. The molecule has 0 spiro atoms. The molecule has 3 rings (SSSR count). The van der Waals surface area contributed by atoms with Gasteiger partial charge >= 0.3 is 0 Å². The fourth-order valence-electron chi connectivity index (χ4n) is 4.06. The molecule has 0 unspecified atom stereocenters. The molecule has 26 heavy (non-hydrogen) atoms. The lowest BCUT2D eigenvalue weighted by Gasteiger charge is -2.50. The van der Waals surface area contributed by atoms with Crippen LogP contribution in [0.3, 0.4) is 0 Å². The minimum Gasteiger partial charge on any atom is -0.389 e. The molecule has 3 heterocycles. The minimum atomic E-state index is -3.44. The molecule has 1 aromatic heterocycles. The monoisotopic (exact) mass is 385 g/mol. The summed E-state index contributed by atoms with van der Waals surface area (Å²) in [5.41, 5.74) is -0.756. The molecule has 0 saturated carbocycles. The summed E-state index contributed by atoms with van der Waals surface area (Å²) in [5, 5.41) is 11.0. The first-order chi connectivity index (χ1) is 12.3. The van der Waals surface area contributed by atoms with Crippen LogP contribution in [0.25, 0.3) is 0 Å². The van der Waals surface area contributed by atoms with E-state index >= 15 is 0 Å². The normalized spacial score (nSPS) is 28.4. The molecule has 0 bridgehead atoms. The molecule has 2 aliphatic rings. The van der Waals surface area contributed by atoms with Crippen LogP contribution in [0.15, 0.2) is 12.4 Å². The topological polar surface area (TPSA) is 81.9 Å². The van der Waals surface area contributed by atoms with E-state index in [1.54, 1.807) is 14.1 Å². The summed E-state index contributed by atoms with van der Waals surface area (Å²) in [6.07, 6.45) is 6.08. The van der Waals surface area contributed by atoms with Gasteiger partial charge in [-0.25, -0.2) is 4.98 Å². The van der Waals surface area contributed by atoms with Gasteiger partial charge in [0.15, 0.2) is 0 Å². The van der Waals surface area contributed by atoms with Crippen molar-refractivity contribution < 1.29 is 13.5 Å². The molecule has 2 atom stereocenters. The number of piperidine rings is 2. The quantitative estimate of drug-likeness (QED) is 0.765. The number of aromatic nitrogens is 2. The third kappa shape index (κ3) is 3.82. The van der Waals surface area contributed by atoms with Crippen molar-refractivity contribution in [2.45, 2.75) is 44.9 Å². The van der Waals surface area contributed by atoms with Crippen LogP contribution in [0.4, 0.5) is 0 Å². The van der Waals surface area contributed by atoms with Crippen LogP contribution in [0.1, 0.15) is 32.0 Å². The van der Waals surface area contributed by atoms with Crippen molar-refractivity contribution in [3.8, 4) is 0 Å². The van der Waals surface area contributed by atoms with Crippen LogP contribution in [-0.4, -0.2) is 82.5 Å². The van der Waals surface area contributed by atoms with Crippen LogP contribution in [0.5, 0.6) is 0 Å². The lowest BCUT2D eigenvalue weighted by atomic mass is 9.76. The second-order valence-electron chi connectivity index (χ2n) is 7.72. The molecule has 0 amide bonds. The second kappa shape index (κ2) is 7.55. The maximum absolute atomic E-state index is 12.5. The van der Waals surface area contributed by atoms with Crippen LogP contribution in [0.2, 0.25) is 0 Å². The highest BCUT2D eigenvalue weighted by Gasteiger charge is 2.47. The van der Waals surface area contributed by atoms with E-state index in [0.29, 0.717) is 32.5 Å². The first kappa shape index (κ1) is 19.8. The van der Waals surface area contributed by atoms with E-state index in [9.17, 15) is 13.5 Å². The van der Waals surface area contributed by atoms with Gasteiger partial charge in [0.05, 0.1) is 12.1 Å². The van der Waals surface area contributed by atoms with Gasteiger partial charge in [-0.2, -0.15) is 17.0 Å². The Hall–Kier alpha value is -1.00. The standard InChI is InChI=1S/C17H31N5O3S/c1-4-8-21-11-7-18-16(21)14-20-9-5-17(23)6-10-22(13-15(17)12-20)26(24,25)19(2)3/h7,11,15,23H,4-6,8-10,12-14H2,1-3H3/t15-,17-/m1/s1. The van der Waals surface area contributed by atoms with E-state index in [1.165, 1.54) is 8.61 Å². The predicted molar refractivity (Wildman–Crippen MR) is 99.6 cm³/mol. The molecule has 0 radical (unpaired) electrons. The zero-order chi connectivity index (χ0) is 18.9. The lowest BCUT2D eigenvalue weighted by Crippen LogP contribution is -2.61. The van der Waals surface area contributed by atoms with Crippen molar-refractivity contribution in [3.05, 3.63) is 18.2 Å². The first-order valence-electron chi connectivity index (χ1n) is 9.38. The lowest BCUT2D eigenvalue weighted by molar-refractivity contribution is -0.103. The summed E-state index contributed by atoms with van der Waals surface area (Å²) >= 11 is 0. The summed E-state index contributed by atoms with van der Waals surface area (Å²) in [4.78, 5) is 6.76. The molecule has 148 valence electrons. The summed E-state index contributed by atoms with van der Waals surface area (Å²) in [6.45, 7) is 6.09. The van der Waals surface area contributed by atoms with Gasteiger partial charge in [-0.15, -0.1) is 0 Å². The van der Waals surface area contributed by atoms with Gasteiger partial charge in [0, 0.05) is 65.1 Å². The van der Waals surface area contributed by atoms with E-state index < -0.39 is 15.8 Å². The minimum absolute atomic E-state index is 0.0747. The Bertz CT molecular complexity index is 720. The van der Waals surface area contributed by atoms with Crippen LogP contribution >= 0.6 is 0 Å². The number of rotatable bonds is 6. The molecule has 0 aliphatic carbocycles. The van der Waals surface area contributed by atoms with E-state index in [-0.39, 0.29) is 5.92 Å². The van der Waals surface area contributed by atoms with Crippen molar-refractivity contribution in [2.24, 2.45) is 5.92 Å². The van der Waals surface area contributed by atoms with E-state index in [4.69, 9.17) is 0 Å². The van der Waals surface area contributed by atoms with Crippen LogP contribution in [-0.2, 0) is 23.3 Å². The highest BCUT2D eigenvalue weighted by molar-refractivity contribution is 7.86. The van der Waals surface area contributed by atoms with Gasteiger partial charge in [-0.05, 0) is 19.3 Å². The van der Waals surface area contributed by atoms with Crippen molar-refractivity contribution in [3.63, 3.8) is 0 Å². The Morgan fingerprint density at radius 1 is 1.31 bits per heavy atom. The number of aryl methyl sites for hydroxylation is 1. The van der Waals surface area contributed by atoms with Gasteiger partial charge in [0.25, 0.3) is 10.2 Å². The molecular formula is C17H31N5O3S. The van der Waals surface area contributed by atoms with Crippen LogP contribution < -0.4 is 0 Å². The number of hydrogen-bond acceptors (Lipinski definition) is 5. The van der Waals surface area contributed by atoms with Gasteiger partial charge in [-0.3, -0.25) is 4.90 Å². The average Bonchev–Trinajstić information content (AvgIpc) is 3.02. The van der Waals surface area contributed by atoms with Crippen molar-refractivity contribution >= 4 is 10.2 Å². The number of fused-ring (bicyclic) bond motifs is 1. The molecule has 2 fully saturated rings. The molecule has 1 N–H and O–H groups in total. The summed E-state index contributed by atoms with van der Waals surface area (Å²) < 4.78 is 29.9. The smallest absolute Gasteiger partial charge is 0.281 e. The zero-order valence-corrected chi connectivity index (χ0v) is 16.8. The average molecular weight is 386 g/mol. The molecular weight excluding hydrogens is 354 g/mol. The number of imidazole rings is 1. The third-order valence-electron chi connectivity index (χ3n) is 5.74. The first-order valence-corrected chi connectivity index (χ1v) is 10.8. The molecule has 0 aromatic carbocycles. The predicted octanol–water partition coefficient (Wildman–Crippen LogP) is 0.358. The number of nitrogens with zero attached hydrogens (tertiary/aromatic N) is 5. The highest BCUT2D eigenvalue weighted by atomic mass is 32.2. The fraction of sp³-hybridized carbons (Fsp3) is 0.824. The highest BCUT2D eigenvalue weighted by Crippen LogP contribution is 2.36. The molecule has 2 aliphatic heterocycles. The van der Waals surface area contributed by atoms with Gasteiger partial charge in [-0.1, -0.05) is 6.92 Å². The number of hydrogen-bond donors (Lipinski definition) is 1. The van der Waals surface area contributed by atoms with Gasteiger partial charge < -0.3 is 9.67 Å². The molecule has 1 aromatic rings. The van der Waals surface area contributed by atoms with Crippen LogP contribution in [0, 0.1) is 5.92 Å². The summed E-state index contributed by atoms with van der Waals surface area (Å²) in [5.74, 6) is 0.959. The second-order valence-corrected chi connectivity index (χ2v) is 9.86. The maximum atomic E-state index is 12.5. The van der Waals surface area contributed by atoms with Gasteiger partial charge in [0.2, 0.25) is 0 Å². The van der Waals surface area contributed by atoms with Crippen molar-refractivity contribution in [2.75, 3.05) is 40.3 Å². The Morgan fingerprint density at radius 3 is 2.73 bits per heavy atom. The molecule has 9 heteroatoms. The molecule has 2 saturated heterocycles. The Kier molecular flexibility index (Phi) is 5.74. The van der Waals surface area contributed by atoms with Gasteiger partial charge in [0.1, 0.15) is 5.82 Å². The Morgan fingerprint density at radius 2 is 2.04 bits per heavy atom.